The van der Waals surface area contributed by atoms with Crippen molar-refractivity contribution < 1.29 is 4.52 Å². The number of nitrogens with one attached hydrogen (secondary N) is 1. The van der Waals surface area contributed by atoms with Crippen LogP contribution in [0.5, 0.6) is 0 Å². The molecule has 1 fully saturated rings. The van der Waals surface area contributed by atoms with E-state index >= 15 is 0 Å². The van der Waals surface area contributed by atoms with E-state index in [1.807, 2.05) is 17.5 Å². The molecule has 0 saturated carbocycles. The fourth-order valence-electron chi connectivity index (χ4n) is 3.54. The van der Waals surface area contributed by atoms with Crippen LogP contribution >= 0.6 is 11.3 Å². The van der Waals surface area contributed by atoms with Gasteiger partial charge in [0.1, 0.15) is 5.82 Å². The Hall–Kier alpha value is -3.40. The van der Waals surface area contributed by atoms with Gasteiger partial charge >= 0.3 is 0 Å². The Kier molecular flexibility index (Phi) is 5.06. The van der Waals surface area contributed by atoms with Gasteiger partial charge in [0.05, 0.1) is 6.04 Å². The van der Waals surface area contributed by atoms with Gasteiger partial charge in [-0.25, -0.2) is 19.9 Å². The predicted octanol–water partition coefficient (Wildman–Crippen LogP) is 4.03. The topological polar surface area (TPSA) is 106 Å². The summed E-state index contributed by atoms with van der Waals surface area (Å²) in [7, 11) is 0. The van der Waals surface area contributed by atoms with Crippen LogP contribution in [0.1, 0.15) is 37.3 Å². The second kappa shape index (κ2) is 8.15. The third-order valence-corrected chi connectivity index (χ3v) is 5.65. The third-order valence-electron chi connectivity index (χ3n) is 4.96. The lowest BCUT2D eigenvalue weighted by Gasteiger charge is -2.23. The largest absolute Gasteiger partial charge is 0.358 e. The number of rotatable bonds is 6. The van der Waals surface area contributed by atoms with Crippen LogP contribution in [-0.4, -0.2) is 36.6 Å². The molecule has 0 unspecified atom stereocenters. The van der Waals surface area contributed by atoms with Crippen LogP contribution in [0.25, 0.3) is 11.5 Å². The van der Waals surface area contributed by atoms with Crippen LogP contribution in [0.15, 0.2) is 46.7 Å². The van der Waals surface area contributed by atoms with E-state index < -0.39 is 0 Å². The summed E-state index contributed by atoms with van der Waals surface area (Å²) >= 11 is 1.54. The van der Waals surface area contributed by atoms with Crippen LogP contribution in [0.3, 0.4) is 0 Å². The van der Waals surface area contributed by atoms with Gasteiger partial charge in [0, 0.05) is 48.3 Å². The quantitative estimate of drug-likeness (QED) is 0.495. The number of anilines is 3. The first-order valence-electron chi connectivity index (χ1n) is 9.85. The zero-order chi connectivity index (χ0) is 20.3. The van der Waals surface area contributed by atoms with E-state index in [-0.39, 0.29) is 6.04 Å². The highest BCUT2D eigenvalue weighted by Crippen LogP contribution is 2.36. The first-order chi connectivity index (χ1) is 14.8. The van der Waals surface area contributed by atoms with Crippen LogP contribution in [0, 0.1) is 0 Å². The molecule has 1 aliphatic heterocycles. The van der Waals surface area contributed by atoms with Gasteiger partial charge in [-0.2, -0.15) is 4.98 Å². The Bertz CT molecular complexity index is 1120. The van der Waals surface area contributed by atoms with Crippen LogP contribution in [0.2, 0.25) is 0 Å². The molecule has 5 heterocycles. The van der Waals surface area contributed by atoms with Crippen molar-refractivity contribution in [2.24, 2.45) is 0 Å². The van der Waals surface area contributed by atoms with E-state index in [1.54, 1.807) is 24.7 Å². The number of hydrogen-bond acceptors (Lipinski definition) is 10. The summed E-state index contributed by atoms with van der Waals surface area (Å²) in [6.45, 7) is 2.94. The summed E-state index contributed by atoms with van der Waals surface area (Å²) in [5.41, 5.74) is 1.60. The summed E-state index contributed by atoms with van der Waals surface area (Å²) in [4.78, 5) is 24.5. The van der Waals surface area contributed by atoms with Crippen molar-refractivity contribution in [2.45, 2.75) is 32.2 Å². The van der Waals surface area contributed by atoms with Crippen molar-refractivity contribution >= 4 is 28.2 Å². The second-order valence-corrected chi connectivity index (χ2v) is 7.79. The maximum absolute atomic E-state index is 5.68. The summed E-state index contributed by atoms with van der Waals surface area (Å²) in [6, 6.07) is 5.68. The maximum atomic E-state index is 5.68. The molecule has 0 aliphatic carbocycles. The third kappa shape index (κ3) is 3.73. The fraction of sp³-hybridized carbons (Fsp3) is 0.300. The SMILES string of the molecule is CCc1cc(Nc2nccs2)nc(N2CCC[C@H]2c2cc(-c3ncccn3)no2)n1. The van der Waals surface area contributed by atoms with Gasteiger partial charge in [-0.15, -0.1) is 11.3 Å². The summed E-state index contributed by atoms with van der Waals surface area (Å²) in [5.74, 6) is 2.75. The highest BCUT2D eigenvalue weighted by atomic mass is 32.1. The number of thiazole rings is 1. The van der Waals surface area contributed by atoms with Crippen molar-refractivity contribution in [2.75, 3.05) is 16.8 Å². The molecule has 4 aromatic heterocycles. The van der Waals surface area contributed by atoms with E-state index in [1.165, 1.54) is 11.3 Å². The Morgan fingerprint density at radius 2 is 2.07 bits per heavy atom. The lowest BCUT2D eigenvalue weighted by molar-refractivity contribution is 0.362. The molecule has 1 N–H and O–H groups in total. The molecule has 0 spiro atoms. The summed E-state index contributed by atoms with van der Waals surface area (Å²) in [6.07, 6.45) is 7.94. The van der Waals surface area contributed by atoms with Crippen LogP contribution in [-0.2, 0) is 6.42 Å². The molecule has 0 bridgehead atoms. The first-order valence-corrected chi connectivity index (χ1v) is 10.7. The second-order valence-electron chi connectivity index (χ2n) is 6.90. The predicted molar refractivity (Wildman–Crippen MR) is 114 cm³/mol. The van der Waals surface area contributed by atoms with Crippen molar-refractivity contribution in [3.8, 4) is 11.5 Å². The van der Waals surface area contributed by atoms with Crippen molar-refractivity contribution in [1.29, 1.82) is 0 Å². The molecule has 9 nitrogen and oxygen atoms in total. The van der Waals surface area contributed by atoms with Gasteiger partial charge in [0.2, 0.25) is 5.95 Å². The van der Waals surface area contributed by atoms with E-state index in [0.717, 1.165) is 48.2 Å². The minimum atomic E-state index is 0.0229. The average molecular weight is 421 g/mol. The van der Waals surface area contributed by atoms with Crippen molar-refractivity contribution in [3.05, 3.63) is 53.6 Å². The molecular weight excluding hydrogens is 400 g/mol. The highest BCUT2D eigenvalue weighted by Gasteiger charge is 2.32. The maximum Gasteiger partial charge on any atom is 0.228 e. The minimum absolute atomic E-state index is 0.0229. The Labute approximate surface area is 177 Å². The minimum Gasteiger partial charge on any atom is -0.358 e. The number of aromatic nitrogens is 6. The molecule has 152 valence electrons. The normalized spacial score (nSPS) is 16.2. The lowest BCUT2D eigenvalue weighted by atomic mass is 10.1. The van der Waals surface area contributed by atoms with Crippen LogP contribution in [0.4, 0.5) is 16.9 Å². The van der Waals surface area contributed by atoms with Gasteiger partial charge in [0.15, 0.2) is 22.4 Å². The first kappa shape index (κ1) is 18.6. The lowest BCUT2D eigenvalue weighted by Crippen LogP contribution is -2.25. The molecule has 10 heteroatoms. The summed E-state index contributed by atoms with van der Waals surface area (Å²) < 4.78 is 5.68. The molecule has 4 aromatic rings. The smallest absolute Gasteiger partial charge is 0.228 e. The van der Waals surface area contributed by atoms with Crippen molar-refractivity contribution in [1.82, 2.24) is 30.1 Å². The van der Waals surface area contributed by atoms with E-state index in [4.69, 9.17) is 14.5 Å². The number of nitrogens with zero attached hydrogens (tertiary/aromatic N) is 7. The molecule has 0 amide bonds. The van der Waals surface area contributed by atoms with Crippen molar-refractivity contribution in [3.63, 3.8) is 0 Å². The fourth-order valence-corrected chi connectivity index (χ4v) is 4.07. The Morgan fingerprint density at radius 1 is 1.17 bits per heavy atom. The monoisotopic (exact) mass is 420 g/mol. The molecule has 5 rings (SSSR count). The molecule has 0 aromatic carbocycles. The molecule has 30 heavy (non-hydrogen) atoms. The molecular formula is C20H20N8OS. The molecule has 0 radical (unpaired) electrons. The van der Waals surface area contributed by atoms with Crippen LogP contribution < -0.4 is 10.2 Å². The van der Waals surface area contributed by atoms with Gasteiger partial charge in [-0.3, -0.25) is 0 Å². The summed E-state index contributed by atoms with van der Waals surface area (Å²) in [5, 5.41) is 10.2. The van der Waals surface area contributed by atoms with E-state index in [0.29, 0.717) is 17.5 Å². The van der Waals surface area contributed by atoms with E-state index in [9.17, 15) is 0 Å². The van der Waals surface area contributed by atoms with Gasteiger partial charge < -0.3 is 14.7 Å². The Balaban J connectivity index is 1.44. The number of aryl methyl sites for hydroxylation is 1. The zero-order valence-corrected chi connectivity index (χ0v) is 17.2. The molecule has 1 saturated heterocycles. The Morgan fingerprint density at radius 3 is 2.87 bits per heavy atom. The van der Waals surface area contributed by atoms with E-state index in [2.05, 4.69) is 37.2 Å². The van der Waals surface area contributed by atoms with Gasteiger partial charge in [-0.05, 0) is 25.3 Å². The zero-order valence-electron chi connectivity index (χ0n) is 16.4. The standard InChI is InChI=1S/C20H20N8OS/c1-2-13-11-17(26-20-23-8-10-30-20)25-19(24-13)28-9-3-5-15(28)16-12-14(27-29-16)18-21-6-4-7-22-18/h4,6-8,10-12,15H,2-3,5,9H2,1H3,(H,23,24,25,26)/t15-/m0/s1. The van der Waals surface area contributed by atoms with Gasteiger partial charge in [0.25, 0.3) is 0 Å². The van der Waals surface area contributed by atoms with Gasteiger partial charge in [-0.1, -0.05) is 12.1 Å². The average Bonchev–Trinajstić information content (AvgIpc) is 3.55. The highest BCUT2D eigenvalue weighted by molar-refractivity contribution is 7.13. The molecule has 1 aliphatic rings. The molecule has 1 atom stereocenters. The number of hydrogen-bond donors (Lipinski definition) is 1.